The van der Waals surface area contributed by atoms with Gasteiger partial charge in [0.25, 0.3) is 5.91 Å². The Labute approximate surface area is 189 Å². The molecule has 2 heterocycles. The molecule has 0 bridgehead atoms. The third kappa shape index (κ3) is 5.19. The Morgan fingerprint density at radius 1 is 1.19 bits per heavy atom. The van der Waals surface area contributed by atoms with Crippen molar-refractivity contribution < 1.29 is 18.4 Å². The molecule has 1 aliphatic heterocycles. The van der Waals surface area contributed by atoms with Crippen LogP contribution < -0.4 is 5.32 Å². The lowest BCUT2D eigenvalue weighted by atomic mass is 9.96. The fourth-order valence-corrected chi connectivity index (χ4v) is 4.60. The van der Waals surface area contributed by atoms with E-state index in [1.165, 1.54) is 41.7 Å². The molecular weight excluding hydrogens is 432 g/mol. The number of nitrogens with zero attached hydrogens (tertiary/aromatic N) is 2. The molecule has 1 N–H and O–H groups in total. The molecule has 0 radical (unpaired) electrons. The van der Waals surface area contributed by atoms with E-state index in [2.05, 4.69) is 10.3 Å². The molecule has 0 aliphatic carbocycles. The van der Waals surface area contributed by atoms with Crippen LogP contribution in [0.2, 0.25) is 0 Å². The number of rotatable bonds is 5. The van der Waals surface area contributed by atoms with E-state index in [4.69, 9.17) is 0 Å². The second-order valence-corrected chi connectivity index (χ2v) is 9.09. The summed E-state index contributed by atoms with van der Waals surface area (Å²) in [4.78, 5) is 32.3. The highest BCUT2D eigenvalue weighted by Crippen LogP contribution is 2.25. The fraction of sp³-hybridized carbons (Fsp3) is 0.292. The first kappa shape index (κ1) is 22.1. The van der Waals surface area contributed by atoms with Crippen LogP contribution in [0.1, 0.15) is 39.2 Å². The van der Waals surface area contributed by atoms with Crippen LogP contribution in [0.4, 0.5) is 13.9 Å². The first-order chi connectivity index (χ1) is 15.4. The average molecular weight is 456 g/mol. The number of nitrogens with one attached hydrogen (secondary N) is 1. The maximum atomic E-state index is 13.8. The van der Waals surface area contributed by atoms with Crippen LogP contribution in [0.3, 0.4) is 0 Å². The molecule has 4 rings (SSSR count). The van der Waals surface area contributed by atoms with Crippen LogP contribution in [0.25, 0.3) is 0 Å². The summed E-state index contributed by atoms with van der Waals surface area (Å²) < 4.78 is 26.9. The number of likely N-dealkylation sites (tertiary alicyclic amines) is 1. The third-order valence-electron chi connectivity index (χ3n) is 5.57. The summed E-state index contributed by atoms with van der Waals surface area (Å²) in [6.45, 7) is 2.59. The van der Waals surface area contributed by atoms with Crippen molar-refractivity contribution in [3.63, 3.8) is 0 Å². The first-order valence-electron chi connectivity index (χ1n) is 10.4. The standard InChI is InChI=1S/C24H23F2N3O2S/c1-15-4-5-16(12-21(15)26)11-20-13-27-24(32-20)28-22(30)18-3-2-10-29(14-18)23(31)17-6-8-19(25)9-7-17/h4-9,12-13,18H,2-3,10-11,14H2,1H3,(H,27,28,30). The van der Waals surface area contributed by atoms with Crippen LogP contribution in [0.15, 0.2) is 48.7 Å². The number of amides is 2. The number of thiazole rings is 1. The predicted molar refractivity (Wildman–Crippen MR) is 120 cm³/mol. The van der Waals surface area contributed by atoms with E-state index in [1.807, 2.05) is 6.07 Å². The summed E-state index contributed by atoms with van der Waals surface area (Å²) in [6, 6.07) is 10.6. The molecular formula is C24H23F2N3O2S. The van der Waals surface area contributed by atoms with E-state index in [1.54, 1.807) is 24.1 Å². The number of carbonyl (C=O) groups excluding carboxylic acids is 2. The minimum Gasteiger partial charge on any atom is -0.338 e. The topological polar surface area (TPSA) is 62.3 Å². The first-order valence-corrected chi connectivity index (χ1v) is 11.3. The van der Waals surface area contributed by atoms with Crippen molar-refractivity contribution in [2.45, 2.75) is 26.2 Å². The zero-order valence-electron chi connectivity index (χ0n) is 17.6. The molecule has 0 spiro atoms. The van der Waals surface area contributed by atoms with Gasteiger partial charge in [0, 0.05) is 36.1 Å². The molecule has 0 saturated carbocycles. The van der Waals surface area contributed by atoms with E-state index in [0.717, 1.165) is 10.4 Å². The SMILES string of the molecule is Cc1ccc(Cc2cnc(NC(=O)C3CCCN(C(=O)c4ccc(F)cc4)C3)s2)cc1F. The molecule has 8 heteroatoms. The van der Waals surface area contributed by atoms with E-state index in [-0.39, 0.29) is 23.5 Å². The van der Waals surface area contributed by atoms with Crippen molar-refractivity contribution >= 4 is 28.3 Å². The third-order valence-corrected chi connectivity index (χ3v) is 6.48. The van der Waals surface area contributed by atoms with Gasteiger partial charge in [-0.15, -0.1) is 11.3 Å². The monoisotopic (exact) mass is 455 g/mol. The number of anilines is 1. The second-order valence-electron chi connectivity index (χ2n) is 7.98. The lowest BCUT2D eigenvalue weighted by Gasteiger charge is -2.32. The highest BCUT2D eigenvalue weighted by atomic mass is 32.1. The minimum atomic E-state index is -0.396. The Bertz CT molecular complexity index is 1130. The van der Waals surface area contributed by atoms with Gasteiger partial charge in [-0.05, 0) is 61.2 Å². The maximum absolute atomic E-state index is 13.8. The Morgan fingerprint density at radius 2 is 1.97 bits per heavy atom. The second kappa shape index (κ2) is 9.56. The molecule has 1 aliphatic rings. The van der Waals surface area contributed by atoms with Crippen LogP contribution in [-0.4, -0.2) is 34.8 Å². The number of aryl methyl sites for hydroxylation is 1. The van der Waals surface area contributed by atoms with Gasteiger partial charge in [-0.2, -0.15) is 0 Å². The maximum Gasteiger partial charge on any atom is 0.253 e. The van der Waals surface area contributed by atoms with Crippen molar-refractivity contribution in [1.29, 1.82) is 0 Å². The largest absolute Gasteiger partial charge is 0.338 e. The number of halogens is 2. The highest BCUT2D eigenvalue weighted by Gasteiger charge is 2.29. The van der Waals surface area contributed by atoms with Gasteiger partial charge in [-0.3, -0.25) is 9.59 Å². The number of carbonyl (C=O) groups is 2. The van der Waals surface area contributed by atoms with Gasteiger partial charge in [0.2, 0.25) is 5.91 Å². The summed E-state index contributed by atoms with van der Waals surface area (Å²) in [5, 5.41) is 3.34. The van der Waals surface area contributed by atoms with Gasteiger partial charge in [-0.25, -0.2) is 13.8 Å². The molecule has 1 aromatic heterocycles. The van der Waals surface area contributed by atoms with Gasteiger partial charge < -0.3 is 10.2 Å². The van der Waals surface area contributed by atoms with Crippen molar-refractivity contribution in [2.24, 2.45) is 5.92 Å². The highest BCUT2D eigenvalue weighted by molar-refractivity contribution is 7.15. The molecule has 32 heavy (non-hydrogen) atoms. The summed E-state index contributed by atoms with van der Waals surface area (Å²) in [7, 11) is 0. The minimum absolute atomic E-state index is 0.177. The van der Waals surface area contributed by atoms with Crippen LogP contribution in [-0.2, 0) is 11.2 Å². The number of benzene rings is 2. The normalized spacial score (nSPS) is 16.1. The summed E-state index contributed by atoms with van der Waals surface area (Å²) in [6.07, 6.45) is 3.62. The van der Waals surface area contributed by atoms with Crippen molar-refractivity contribution in [1.82, 2.24) is 9.88 Å². The molecule has 1 unspecified atom stereocenters. The molecule has 1 saturated heterocycles. The molecule has 3 aromatic rings. The number of hydrogen-bond acceptors (Lipinski definition) is 4. The number of hydrogen-bond donors (Lipinski definition) is 1. The summed E-state index contributed by atoms with van der Waals surface area (Å²) in [5.41, 5.74) is 1.85. The fourth-order valence-electron chi connectivity index (χ4n) is 3.75. The van der Waals surface area contributed by atoms with Crippen molar-refractivity contribution in [2.75, 3.05) is 18.4 Å². The zero-order valence-corrected chi connectivity index (χ0v) is 18.4. The average Bonchev–Trinajstić information content (AvgIpc) is 3.23. The van der Waals surface area contributed by atoms with Crippen LogP contribution >= 0.6 is 11.3 Å². The van der Waals surface area contributed by atoms with Crippen molar-refractivity contribution in [3.8, 4) is 0 Å². The van der Waals surface area contributed by atoms with Gasteiger partial charge >= 0.3 is 0 Å². The molecule has 1 fully saturated rings. The Kier molecular flexibility index (Phi) is 6.60. The zero-order chi connectivity index (χ0) is 22.7. The van der Waals surface area contributed by atoms with E-state index in [9.17, 15) is 18.4 Å². The van der Waals surface area contributed by atoms with E-state index in [0.29, 0.717) is 48.6 Å². The molecule has 2 aromatic carbocycles. The number of aromatic nitrogens is 1. The Balaban J connectivity index is 1.35. The van der Waals surface area contributed by atoms with Gasteiger partial charge in [0.15, 0.2) is 5.13 Å². The molecule has 2 amide bonds. The summed E-state index contributed by atoms with van der Waals surface area (Å²) >= 11 is 1.35. The van der Waals surface area contributed by atoms with E-state index < -0.39 is 5.82 Å². The molecule has 1 atom stereocenters. The van der Waals surface area contributed by atoms with Gasteiger partial charge in [0.1, 0.15) is 11.6 Å². The van der Waals surface area contributed by atoms with E-state index >= 15 is 0 Å². The Morgan fingerprint density at radius 3 is 2.72 bits per heavy atom. The lowest BCUT2D eigenvalue weighted by Crippen LogP contribution is -2.43. The smallest absolute Gasteiger partial charge is 0.253 e. The summed E-state index contributed by atoms with van der Waals surface area (Å²) in [5.74, 6) is -1.36. The lowest BCUT2D eigenvalue weighted by molar-refractivity contribution is -0.121. The van der Waals surface area contributed by atoms with Gasteiger partial charge in [-0.1, -0.05) is 12.1 Å². The molecule has 166 valence electrons. The Hall–Kier alpha value is -3.13. The quantitative estimate of drug-likeness (QED) is 0.601. The predicted octanol–water partition coefficient (Wildman–Crippen LogP) is 4.81. The molecule has 5 nitrogen and oxygen atoms in total. The van der Waals surface area contributed by atoms with Crippen LogP contribution in [0.5, 0.6) is 0 Å². The number of piperidine rings is 1. The van der Waals surface area contributed by atoms with Crippen LogP contribution in [0, 0.1) is 24.5 Å². The van der Waals surface area contributed by atoms with Gasteiger partial charge in [0.05, 0.1) is 5.92 Å². The van der Waals surface area contributed by atoms with Crippen molar-refractivity contribution in [3.05, 3.63) is 81.9 Å².